The molecule has 2 atom stereocenters. The van der Waals surface area contributed by atoms with E-state index in [4.69, 9.17) is 0 Å². The van der Waals surface area contributed by atoms with Gasteiger partial charge in [-0.2, -0.15) is 0 Å². The van der Waals surface area contributed by atoms with Crippen LogP contribution in [0.15, 0.2) is 60.7 Å². The summed E-state index contributed by atoms with van der Waals surface area (Å²) in [6.07, 6.45) is 0. The molecule has 2 heteroatoms. The Balaban J connectivity index is 2.23. The predicted molar refractivity (Wildman–Crippen MR) is 96.2 cm³/mol. The van der Waals surface area contributed by atoms with Gasteiger partial charge >= 0.3 is 0 Å². The Kier molecular flexibility index (Phi) is 5.97. The second kappa shape index (κ2) is 7.96. The smallest absolute Gasteiger partial charge is 0.228 e. The fourth-order valence-corrected chi connectivity index (χ4v) is 3.04. The molecule has 0 saturated heterocycles. The van der Waals surface area contributed by atoms with Crippen LogP contribution in [0.4, 0.5) is 0 Å². The molecule has 0 saturated carbocycles. The molecule has 2 nitrogen and oxygen atoms in total. The van der Waals surface area contributed by atoms with Gasteiger partial charge < -0.3 is 5.32 Å². The van der Waals surface area contributed by atoms with Crippen molar-refractivity contribution in [2.24, 2.45) is 11.8 Å². The maximum atomic E-state index is 13.0. The van der Waals surface area contributed by atoms with Gasteiger partial charge in [0.2, 0.25) is 5.91 Å². The van der Waals surface area contributed by atoms with Gasteiger partial charge in [0.1, 0.15) is 0 Å². The molecular weight excluding hydrogens is 282 g/mol. The SMILES string of the molecule is CC(C)[C@H](NC(=O)[C@@H](c1ccccc1)C(C)C)c1ccccc1. The van der Waals surface area contributed by atoms with Crippen LogP contribution in [-0.2, 0) is 4.79 Å². The Morgan fingerprint density at radius 3 is 1.65 bits per heavy atom. The lowest BCUT2D eigenvalue weighted by Crippen LogP contribution is -2.37. The van der Waals surface area contributed by atoms with Crippen molar-refractivity contribution in [3.8, 4) is 0 Å². The largest absolute Gasteiger partial charge is 0.349 e. The van der Waals surface area contributed by atoms with Crippen molar-refractivity contribution >= 4 is 5.91 Å². The summed E-state index contributed by atoms with van der Waals surface area (Å²) in [4.78, 5) is 13.0. The zero-order chi connectivity index (χ0) is 16.8. The molecule has 0 fully saturated rings. The van der Waals surface area contributed by atoms with Crippen molar-refractivity contribution in [3.05, 3.63) is 71.8 Å². The Labute approximate surface area is 139 Å². The molecule has 2 aromatic rings. The van der Waals surface area contributed by atoms with Crippen molar-refractivity contribution in [2.45, 2.75) is 39.7 Å². The second-order valence-electron chi connectivity index (χ2n) is 6.77. The molecule has 0 spiro atoms. The number of amides is 1. The van der Waals surface area contributed by atoms with Gasteiger partial charge in [-0.3, -0.25) is 4.79 Å². The Morgan fingerprint density at radius 1 is 0.739 bits per heavy atom. The van der Waals surface area contributed by atoms with E-state index in [1.807, 2.05) is 48.5 Å². The average Bonchev–Trinajstić information content (AvgIpc) is 2.54. The van der Waals surface area contributed by atoms with Crippen LogP contribution in [-0.4, -0.2) is 5.91 Å². The average molecular weight is 309 g/mol. The quantitative estimate of drug-likeness (QED) is 0.804. The first-order valence-corrected chi connectivity index (χ1v) is 8.41. The van der Waals surface area contributed by atoms with Crippen molar-refractivity contribution in [2.75, 3.05) is 0 Å². The fourth-order valence-electron chi connectivity index (χ4n) is 3.04. The summed E-state index contributed by atoms with van der Waals surface area (Å²) < 4.78 is 0. The summed E-state index contributed by atoms with van der Waals surface area (Å²) in [5.74, 6) is 0.570. The summed E-state index contributed by atoms with van der Waals surface area (Å²) in [6.45, 7) is 8.49. The molecule has 0 heterocycles. The molecule has 2 rings (SSSR count). The van der Waals surface area contributed by atoms with Gasteiger partial charge in [0, 0.05) is 0 Å². The number of benzene rings is 2. The highest BCUT2D eigenvalue weighted by molar-refractivity contribution is 5.84. The Hall–Kier alpha value is -2.09. The number of hydrogen-bond donors (Lipinski definition) is 1. The van der Waals surface area contributed by atoms with E-state index in [2.05, 4.69) is 45.1 Å². The van der Waals surface area contributed by atoms with Crippen LogP contribution in [0.5, 0.6) is 0 Å². The minimum atomic E-state index is -0.124. The fraction of sp³-hybridized carbons (Fsp3) is 0.381. The van der Waals surface area contributed by atoms with Crippen molar-refractivity contribution in [1.82, 2.24) is 5.32 Å². The lowest BCUT2D eigenvalue weighted by Gasteiger charge is -2.27. The maximum absolute atomic E-state index is 13.0. The first-order valence-electron chi connectivity index (χ1n) is 8.41. The molecular formula is C21H27NO. The molecule has 0 bridgehead atoms. The van der Waals surface area contributed by atoms with E-state index in [1.165, 1.54) is 0 Å². The van der Waals surface area contributed by atoms with E-state index in [9.17, 15) is 4.79 Å². The molecule has 0 aliphatic rings. The van der Waals surface area contributed by atoms with E-state index in [-0.39, 0.29) is 23.8 Å². The number of carbonyl (C=O) groups is 1. The Bertz CT molecular complexity index is 604. The molecule has 122 valence electrons. The van der Waals surface area contributed by atoms with Gasteiger partial charge in [-0.1, -0.05) is 88.4 Å². The number of hydrogen-bond acceptors (Lipinski definition) is 1. The highest BCUT2D eigenvalue weighted by atomic mass is 16.2. The molecule has 1 N–H and O–H groups in total. The third kappa shape index (κ3) is 4.44. The molecule has 0 unspecified atom stereocenters. The van der Waals surface area contributed by atoms with Gasteiger partial charge in [0.05, 0.1) is 12.0 Å². The predicted octanol–water partition coefficient (Wildman–Crippen LogP) is 4.94. The van der Waals surface area contributed by atoms with Crippen LogP contribution in [0, 0.1) is 11.8 Å². The molecule has 0 aliphatic carbocycles. The molecule has 0 aliphatic heterocycles. The second-order valence-corrected chi connectivity index (χ2v) is 6.77. The van der Waals surface area contributed by atoms with Crippen LogP contribution in [0.25, 0.3) is 0 Å². The van der Waals surface area contributed by atoms with Gasteiger partial charge in [0.25, 0.3) is 0 Å². The maximum Gasteiger partial charge on any atom is 0.228 e. The van der Waals surface area contributed by atoms with Crippen molar-refractivity contribution in [3.63, 3.8) is 0 Å². The highest BCUT2D eigenvalue weighted by Crippen LogP contribution is 2.28. The number of carbonyl (C=O) groups excluding carboxylic acids is 1. The van der Waals surface area contributed by atoms with Gasteiger partial charge in [-0.25, -0.2) is 0 Å². The molecule has 0 radical (unpaired) electrons. The molecule has 0 aromatic heterocycles. The first kappa shape index (κ1) is 17.3. The number of rotatable bonds is 6. The normalized spacial score (nSPS) is 13.8. The number of nitrogens with one attached hydrogen (secondary N) is 1. The van der Waals surface area contributed by atoms with Crippen LogP contribution in [0.2, 0.25) is 0 Å². The van der Waals surface area contributed by atoms with Crippen LogP contribution in [0.1, 0.15) is 50.8 Å². The van der Waals surface area contributed by atoms with Crippen LogP contribution in [0.3, 0.4) is 0 Å². The minimum Gasteiger partial charge on any atom is -0.349 e. The molecule has 2 aromatic carbocycles. The van der Waals surface area contributed by atoms with Gasteiger partial charge in [0.15, 0.2) is 0 Å². The Morgan fingerprint density at radius 2 is 1.22 bits per heavy atom. The first-order chi connectivity index (χ1) is 11.0. The van der Waals surface area contributed by atoms with E-state index in [0.29, 0.717) is 5.92 Å². The summed E-state index contributed by atoms with van der Waals surface area (Å²) in [5.41, 5.74) is 2.24. The van der Waals surface area contributed by atoms with Crippen molar-refractivity contribution < 1.29 is 4.79 Å². The van der Waals surface area contributed by atoms with Gasteiger partial charge in [-0.05, 0) is 23.0 Å². The van der Waals surface area contributed by atoms with E-state index in [0.717, 1.165) is 11.1 Å². The van der Waals surface area contributed by atoms with E-state index >= 15 is 0 Å². The van der Waals surface area contributed by atoms with Crippen molar-refractivity contribution in [1.29, 1.82) is 0 Å². The standard InChI is InChI=1S/C21H27NO/c1-15(2)19(17-11-7-5-8-12-17)21(23)22-20(16(3)4)18-13-9-6-10-14-18/h5-16,19-20H,1-4H3,(H,22,23)/t19-,20+/m1/s1. The van der Waals surface area contributed by atoms with Crippen LogP contribution < -0.4 is 5.32 Å². The summed E-state index contributed by atoms with van der Waals surface area (Å²) in [5, 5.41) is 3.27. The van der Waals surface area contributed by atoms with E-state index in [1.54, 1.807) is 0 Å². The molecule has 1 amide bonds. The summed E-state index contributed by atoms with van der Waals surface area (Å²) >= 11 is 0. The molecule has 23 heavy (non-hydrogen) atoms. The topological polar surface area (TPSA) is 29.1 Å². The highest BCUT2D eigenvalue weighted by Gasteiger charge is 2.27. The monoisotopic (exact) mass is 309 g/mol. The summed E-state index contributed by atoms with van der Waals surface area (Å²) in [6, 6.07) is 20.3. The third-order valence-corrected chi connectivity index (χ3v) is 4.23. The third-order valence-electron chi connectivity index (χ3n) is 4.23. The summed E-state index contributed by atoms with van der Waals surface area (Å²) in [7, 11) is 0. The van der Waals surface area contributed by atoms with E-state index < -0.39 is 0 Å². The van der Waals surface area contributed by atoms with Crippen LogP contribution >= 0.6 is 0 Å². The zero-order valence-electron chi connectivity index (χ0n) is 14.5. The zero-order valence-corrected chi connectivity index (χ0v) is 14.5. The lowest BCUT2D eigenvalue weighted by atomic mass is 9.86. The van der Waals surface area contributed by atoms with Gasteiger partial charge in [-0.15, -0.1) is 0 Å². The minimum absolute atomic E-state index is 0.0358. The lowest BCUT2D eigenvalue weighted by molar-refractivity contribution is -0.124.